The summed E-state index contributed by atoms with van der Waals surface area (Å²) in [5.74, 6) is -1.42. The molecule has 2 heterocycles. The molecule has 1 saturated heterocycles. The number of nitrogens with zero attached hydrogens (tertiary/aromatic N) is 4. The third kappa shape index (κ3) is 4.41. The van der Waals surface area contributed by atoms with Gasteiger partial charge in [0, 0.05) is 45.5 Å². The molecule has 1 aliphatic rings. The predicted octanol–water partition coefficient (Wildman–Crippen LogP) is 1.88. The number of para-hydroxylation sites is 1. The van der Waals surface area contributed by atoms with Crippen molar-refractivity contribution >= 4 is 17.5 Å². The quantitative estimate of drug-likeness (QED) is 0.634. The standard InChI is InChI=1S/C23H24FN5O3/c1-27-22(32)20(30)19(21(31)25-15-16-7-9-17(24)10-8-16)26-23(27)29-13-11-28(12-14-29)18-5-3-2-4-6-18/h2-10,30H,11-15H2,1H3,(H,25,31). The zero-order chi connectivity index (χ0) is 22.7. The average molecular weight is 437 g/mol. The number of anilines is 2. The molecule has 9 heteroatoms. The number of aromatic hydroxyl groups is 1. The molecule has 8 nitrogen and oxygen atoms in total. The van der Waals surface area contributed by atoms with Crippen molar-refractivity contribution in [1.29, 1.82) is 0 Å². The van der Waals surface area contributed by atoms with Gasteiger partial charge in [0.05, 0.1) is 0 Å². The fourth-order valence-corrected chi connectivity index (χ4v) is 3.69. The number of carbonyl (C=O) groups is 1. The highest BCUT2D eigenvalue weighted by Gasteiger charge is 2.25. The summed E-state index contributed by atoms with van der Waals surface area (Å²) in [6.07, 6.45) is 0. The third-order valence-electron chi connectivity index (χ3n) is 5.51. The molecule has 4 rings (SSSR count). The molecule has 166 valence electrons. The lowest BCUT2D eigenvalue weighted by Gasteiger charge is -2.37. The van der Waals surface area contributed by atoms with Crippen molar-refractivity contribution in [2.45, 2.75) is 6.54 Å². The van der Waals surface area contributed by atoms with E-state index >= 15 is 0 Å². The second kappa shape index (κ2) is 9.09. The summed E-state index contributed by atoms with van der Waals surface area (Å²) in [7, 11) is 1.52. The summed E-state index contributed by atoms with van der Waals surface area (Å²) in [6, 6.07) is 15.7. The maximum atomic E-state index is 13.1. The average Bonchev–Trinajstić information content (AvgIpc) is 2.83. The molecule has 1 amide bonds. The minimum atomic E-state index is -0.698. The van der Waals surface area contributed by atoms with Crippen molar-refractivity contribution in [3.63, 3.8) is 0 Å². The van der Waals surface area contributed by atoms with Gasteiger partial charge in [0.1, 0.15) is 5.82 Å². The van der Waals surface area contributed by atoms with Crippen LogP contribution in [0.3, 0.4) is 0 Å². The Bertz CT molecular complexity index is 1160. The van der Waals surface area contributed by atoms with E-state index in [1.807, 2.05) is 35.2 Å². The van der Waals surface area contributed by atoms with Crippen molar-refractivity contribution < 1.29 is 14.3 Å². The summed E-state index contributed by atoms with van der Waals surface area (Å²) in [4.78, 5) is 33.7. The summed E-state index contributed by atoms with van der Waals surface area (Å²) >= 11 is 0. The largest absolute Gasteiger partial charge is 0.501 e. The van der Waals surface area contributed by atoms with Crippen LogP contribution in [0, 0.1) is 5.82 Å². The number of carbonyl (C=O) groups excluding carboxylic acids is 1. The molecule has 0 radical (unpaired) electrons. The van der Waals surface area contributed by atoms with Crippen LogP contribution in [0.5, 0.6) is 5.75 Å². The topological polar surface area (TPSA) is 90.7 Å². The van der Waals surface area contributed by atoms with Crippen molar-refractivity contribution in [2.24, 2.45) is 7.05 Å². The van der Waals surface area contributed by atoms with E-state index in [0.717, 1.165) is 18.8 Å². The van der Waals surface area contributed by atoms with Crippen LogP contribution >= 0.6 is 0 Å². The molecule has 1 fully saturated rings. The Morgan fingerprint density at radius 3 is 2.31 bits per heavy atom. The van der Waals surface area contributed by atoms with E-state index in [1.165, 1.54) is 23.7 Å². The third-order valence-corrected chi connectivity index (χ3v) is 5.51. The Kier molecular flexibility index (Phi) is 6.07. The number of nitrogens with one attached hydrogen (secondary N) is 1. The zero-order valence-electron chi connectivity index (χ0n) is 17.7. The van der Waals surface area contributed by atoms with Crippen molar-refractivity contribution in [1.82, 2.24) is 14.9 Å². The van der Waals surface area contributed by atoms with Gasteiger partial charge >= 0.3 is 0 Å². The van der Waals surface area contributed by atoms with Crippen LogP contribution in [0.1, 0.15) is 16.1 Å². The maximum absolute atomic E-state index is 13.1. The van der Waals surface area contributed by atoms with E-state index in [-0.39, 0.29) is 18.1 Å². The second-order valence-electron chi connectivity index (χ2n) is 7.59. The lowest BCUT2D eigenvalue weighted by atomic mass is 10.2. The summed E-state index contributed by atoms with van der Waals surface area (Å²) in [5.41, 5.74) is 0.795. The number of benzene rings is 2. The van der Waals surface area contributed by atoms with Gasteiger partial charge < -0.3 is 20.2 Å². The normalized spacial score (nSPS) is 13.8. The first-order chi connectivity index (χ1) is 15.4. The van der Waals surface area contributed by atoms with Gasteiger partial charge in [-0.05, 0) is 29.8 Å². The molecule has 0 atom stereocenters. The van der Waals surface area contributed by atoms with E-state index in [0.29, 0.717) is 24.6 Å². The minimum Gasteiger partial charge on any atom is -0.501 e. The lowest BCUT2D eigenvalue weighted by molar-refractivity contribution is 0.0942. The van der Waals surface area contributed by atoms with Crippen LogP contribution in [0.2, 0.25) is 0 Å². The molecule has 2 aromatic carbocycles. The highest BCUT2D eigenvalue weighted by atomic mass is 19.1. The van der Waals surface area contributed by atoms with Gasteiger partial charge in [-0.1, -0.05) is 30.3 Å². The molecule has 0 bridgehead atoms. The smallest absolute Gasteiger partial charge is 0.297 e. The first-order valence-corrected chi connectivity index (χ1v) is 10.3. The maximum Gasteiger partial charge on any atom is 0.297 e. The first kappa shape index (κ1) is 21.4. The lowest BCUT2D eigenvalue weighted by Crippen LogP contribution is -2.48. The number of rotatable bonds is 5. The van der Waals surface area contributed by atoms with Gasteiger partial charge in [0.25, 0.3) is 11.5 Å². The first-order valence-electron chi connectivity index (χ1n) is 10.3. The second-order valence-corrected chi connectivity index (χ2v) is 7.59. The van der Waals surface area contributed by atoms with Crippen LogP contribution in [-0.4, -0.2) is 46.7 Å². The number of amides is 1. The molecule has 1 aliphatic heterocycles. The highest BCUT2D eigenvalue weighted by molar-refractivity contribution is 5.95. The Hall–Kier alpha value is -3.88. The van der Waals surface area contributed by atoms with Gasteiger partial charge in [0.2, 0.25) is 11.7 Å². The van der Waals surface area contributed by atoms with Crippen LogP contribution < -0.4 is 20.7 Å². The van der Waals surface area contributed by atoms with E-state index in [2.05, 4.69) is 15.2 Å². The van der Waals surface area contributed by atoms with E-state index < -0.39 is 17.2 Å². The summed E-state index contributed by atoms with van der Waals surface area (Å²) < 4.78 is 14.3. The Morgan fingerprint density at radius 2 is 1.66 bits per heavy atom. The van der Waals surface area contributed by atoms with Crippen LogP contribution in [0.15, 0.2) is 59.4 Å². The SMILES string of the molecule is Cn1c(N2CCN(c3ccccc3)CC2)nc(C(=O)NCc2ccc(F)cc2)c(O)c1=O. The summed E-state index contributed by atoms with van der Waals surface area (Å²) in [5, 5.41) is 12.9. The molecule has 32 heavy (non-hydrogen) atoms. The number of hydrogen-bond acceptors (Lipinski definition) is 6. The molecular weight excluding hydrogens is 413 g/mol. The van der Waals surface area contributed by atoms with E-state index in [1.54, 1.807) is 12.1 Å². The summed E-state index contributed by atoms with van der Waals surface area (Å²) in [6.45, 7) is 2.79. The van der Waals surface area contributed by atoms with Gasteiger partial charge in [-0.15, -0.1) is 0 Å². The minimum absolute atomic E-state index is 0.112. The van der Waals surface area contributed by atoms with Gasteiger partial charge in [0.15, 0.2) is 5.69 Å². The van der Waals surface area contributed by atoms with Crippen LogP contribution in [-0.2, 0) is 13.6 Å². The molecule has 0 saturated carbocycles. The van der Waals surface area contributed by atoms with Gasteiger partial charge in [-0.25, -0.2) is 9.37 Å². The monoisotopic (exact) mass is 437 g/mol. The molecule has 0 unspecified atom stereocenters. The predicted molar refractivity (Wildman–Crippen MR) is 120 cm³/mol. The van der Waals surface area contributed by atoms with E-state index in [4.69, 9.17) is 0 Å². The van der Waals surface area contributed by atoms with Gasteiger partial charge in [-0.3, -0.25) is 14.2 Å². The Morgan fingerprint density at radius 1 is 1.03 bits per heavy atom. The molecule has 0 spiro atoms. The van der Waals surface area contributed by atoms with Crippen molar-refractivity contribution in [3.8, 4) is 5.75 Å². The number of piperazine rings is 1. The van der Waals surface area contributed by atoms with Gasteiger partial charge in [-0.2, -0.15) is 0 Å². The molecular formula is C23H24FN5O3. The molecule has 1 aromatic heterocycles. The van der Waals surface area contributed by atoms with E-state index in [9.17, 15) is 19.1 Å². The molecule has 3 aromatic rings. The molecule has 2 N–H and O–H groups in total. The van der Waals surface area contributed by atoms with Crippen molar-refractivity contribution in [3.05, 3.63) is 82.0 Å². The Balaban J connectivity index is 1.50. The highest BCUT2D eigenvalue weighted by Crippen LogP contribution is 2.20. The van der Waals surface area contributed by atoms with Crippen LogP contribution in [0.25, 0.3) is 0 Å². The fraction of sp³-hybridized carbons (Fsp3) is 0.261. The van der Waals surface area contributed by atoms with Crippen LogP contribution in [0.4, 0.5) is 16.0 Å². The fourth-order valence-electron chi connectivity index (χ4n) is 3.69. The Labute approximate surface area is 184 Å². The number of halogens is 1. The number of aromatic nitrogens is 2. The van der Waals surface area contributed by atoms with Crippen molar-refractivity contribution in [2.75, 3.05) is 36.0 Å². The zero-order valence-corrected chi connectivity index (χ0v) is 17.7. The number of hydrogen-bond donors (Lipinski definition) is 2. The molecule has 0 aliphatic carbocycles.